The van der Waals surface area contributed by atoms with E-state index in [4.69, 9.17) is 27.9 Å². The number of hydrogen-bond acceptors (Lipinski definition) is 3. The molecule has 4 aromatic rings. The average Bonchev–Trinajstić information content (AvgIpc) is 3.12. The molecule has 0 aliphatic heterocycles. The van der Waals surface area contributed by atoms with E-state index in [-0.39, 0.29) is 0 Å². The van der Waals surface area contributed by atoms with Gasteiger partial charge in [0, 0.05) is 17.1 Å². The number of benzene rings is 3. The summed E-state index contributed by atoms with van der Waals surface area (Å²) in [6.07, 6.45) is 0.199. The molecule has 2 N–H and O–H groups in total. The summed E-state index contributed by atoms with van der Waals surface area (Å²) >= 11 is 15.9. The van der Waals surface area contributed by atoms with Crippen molar-refractivity contribution in [3.8, 4) is 17.1 Å². The molecule has 0 radical (unpaired) electrons. The third-order valence-corrected chi connectivity index (χ3v) is 5.62. The second-order valence-corrected chi connectivity index (χ2v) is 8.28. The van der Waals surface area contributed by atoms with E-state index in [0.717, 1.165) is 10.0 Å². The van der Waals surface area contributed by atoms with Crippen LogP contribution in [0.25, 0.3) is 22.4 Å². The van der Waals surface area contributed by atoms with Crippen LogP contribution in [0.2, 0.25) is 10.0 Å². The Hall–Kier alpha value is -2.54. The summed E-state index contributed by atoms with van der Waals surface area (Å²) in [5, 5.41) is 3.76. The normalized spacial score (nSPS) is 10.9. The van der Waals surface area contributed by atoms with Crippen molar-refractivity contribution in [1.29, 1.82) is 0 Å². The first kappa shape index (κ1) is 20.7. The van der Waals surface area contributed by atoms with Crippen molar-refractivity contribution in [3.63, 3.8) is 0 Å². The molecule has 0 saturated heterocycles. The van der Waals surface area contributed by atoms with Crippen molar-refractivity contribution >= 4 is 56.3 Å². The zero-order valence-electron chi connectivity index (χ0n) is 15.6. The molecule has 1 aromatic heterocycles. The number of halogens is 3. The maximum atomic E-state index is 12.1. The molecule has 0 fully saturated rings. The maximum absolute atomic E-state index is 12.1. The van der Waals surface area contributed by atoms with Crippen LogP contribution in [0.15, 0.2) is 65.1 Å². The molecule has 0 atom stereocenters. The molecular formula is C22H16BrCl2N3O2. The number of ether oxygens (including phenoxy) is 1. The second kappa shape index (κ2) is 9.08. The van der Waals surface area contributed by atoms with Gasteiger partial charge in [0.15, 0.2) is 0 Å². The molecule has 0 bridgehead atoms. The summed E-state index contributed by atoms with van der Waals surface area (Å²) in [7, 11) is 0. The SMILES string of the molecule is O=C(NCCc1ccc(Br)cc1)Oc1ccc2nc(-c3c(Cl)cccc3Cl)[nH]c2c1. The summed E-state index contributed by atoms with van der Waals surface area (Å²) in [5.74, 6) is 0.959. The number of aromatic amines is 1. The van der Waals surface area contributed by atoms with Crippen molar-refractivity contribution in [3.05, 3.63) is 80.7 Å². The quantitative estimate of drug-likeness (QED) is 0.320. The van der Waals surface area contributed by atoms with Gasteiger partial charge in [-0.15, -0.1) is 0 Å². The van der Waals surface area contributed by atoms with Gasteiger partial charge < -0.3 is 15.0 Å². The molecule has 0 unspecified atom stereocenters. The third kappa shape index (κ3) is 4.78. The van der Waals surface area contributed by atoms with Crippen LogP contribution in [-0.4, -0.2) is 22.6 Å². The first-order chi connectivity index (χ1) is 14.5. The van der Waals surface area contributed by atoms with E-state index in [2.05, 4.69) is 31.2 Å². The highest BCUT2D eigenvalue weighted by atomic mass is 79.9. The van der Waals surface area contributed by atoms with Crippen LogP contribution in [0, 0.1) is 0 Å². The van der Waals surface area contributed by atoms with Gasteiger partial charge in [-0.1, -0.05) is 57.3 Å². The maximum Gasteiger partial charge on any atom is 0.412 e. The Balaban J connectivity index is 1.42. The van der Waals surface area contributed by atoms with Crippen LogP contribution in [0.1, 0.15) is 5.56 Å². The predicted octanol–water partition coefficient (Wildman–Crippen LogP) is 6.63. The Labute approximate surface area is 191 Å². The molecule has 0 aliphatic rings. The number of H-pyrrole nitrogens is 1. The molecule has 8 heteroatoms. The Morgan fingerprint density at radius 3 is 2.53 bits per heavy atom. The van der Waals surface area contributed by atoms with Crippen molar-refractivity contribution < 1.29 is 9.53 Å². The number of amides is 1. The zero-order chi connectivity index (χ0) is 21.1. The van der Waals surface area contributed by atoms with Gasteiger partial charge >= 0.3 is 6.09 Å². The van der Waals surface area contributed by atoms with Gasteiger partial charge in [0.05, 0.1) is 26.6 Å². The van der Waals surface area contributed by atoms with E-state index in [9.17, 15) is 4.79 Å². The average molecular weight is 505 g/mol. The Kier molecular flexibility index (Phi) is 6.27. The molecule has 30 heavy (non-hydrogen) atoms. The number of aromatic nitrogens is 2. The minimum Gasteiger partial charge on any atom is -0.410 e. The smallest absolute Gasteiger partial charge is 0.410 e. The fraction of sp³-hybridized carbons (Fsp3) is 0.0909. The first-order valence-corrected chi connectivity index (χ1v) is 10.7. The monoisotopic (exact) mass is 503 g/mol. The van der Waals surface area contributed by atoms with E-state index < -0.39 is 6.09 Å². The lowest BCUT2D eigenvalue weighted by Crippen LogP contribution is -2.28. The molecule has 1 amide bonds. The number of nitrogens with zero attached hydrogens (tertiary/aromatic N) is 1. The van der Waals surface area contributed by atoms with Crippen LogP contribution in [0.3, 0.4) is 0 Å². The predicted molar refractivity (Wildman–Crippen MR) is 123 cm³/mol. The van der Waals surface area contributed by atoms with E-state index in [1.807, 2.05) is 24.3 Å². The highest BCUT2D eigenvalue weighted by molar-refractivity contribution is 9.10. The van der Waals surface area contributed by atoms with Crippen LogP contribution < -0.4 is 10.1 Å². The largest absolute Gasteiger partial charge is 0.412 e. The van der Waals surface area contributed by atoms with Gasteiger partial charge in [-0.25, -0.2) is 9.78 Å². The van der Waals surface area contributed by atoms with E-state index in [1.165, 1.54) is 0 Å². The van der Waals surface area contributed by atoms with Crippen molar-refractivity contribution in [2.45, 2.75) is 6.42 Å². The lowest BCUT2D eigenvalue weighted by molar-refractivity contribution is 0.200. The molecule has 5 nitrogen and oxygen atoms in total. The molecular weight excluding hydrogens is 489 g/mol. The summed E-state index contributed by atoms with van der Waals surface area (Å²) in [4.78, 5) is 19.8. The third-order valence-electron chi connectivity index (χ3n) is 4.46. The number of imidazole rings is 1. The lowest BCUT2D eigenvalue weighted by atomic mass is 10.1. The number of fused-ring (bicyclic) bond motifs is 1. The number of rotatable bonds is 5. The van der Waals surface area contributed by atoms with Gasteiger partial charge in [0.1, 0.15) is 11.6 Å². The molecule has 0 aliphatic carbocycles. The Bertz CT molecular complexity index is 1190. The fourth-order valence-corrected chi connectivity index (χ4v) is 3.84. The topological polar surface area (TPSA) is 67.0 Å². The van der Waals surface area contributed by atoms with Gasteiger partial charge in [0.2, 0.25) is 0 Å². The summed E-state index contributed by atoms with van der Waals surface area (Å²) < 4.78 is 6.41. The van der Waals surface area contributed by atoms with E-state index in [0.29, 0.717) is 51.2 Å². The number of carbonyl (C=O) groups excluding carboxylic acids is 1. The standard InChI is InChI=1S/C22H16BrCl2N3O2/c23-14-6-4-13(5-7-14)10-11-26-22(29)30-15-8-9-18-19(12-15)28-21(27-18)20-16(24)2-1-3-17(20)25/h1-9,12H,10-11H2,(H,26,29)(H,27,28). The van der Waals surface area contributed by atoms with Crippen LogP contribution in [-0.2, 0) is 6.42 Å². The van der Waals surface area contributed by atoms with Gasteiger partial charge in [-0.3, -0.25) is 0 Å². The number of nitrogens with one attached hydrogen (secondary N) is 2. The molecule has 4 rings (SSSR count). The van der Waals surface area contributed by atoms with Crippen molar-refractivity contribution in [2.24, 2.45) is 0 Å². The van der Waals surface area contributed by atoms with Crippen LogP contribution >= 0.6 is 39.1 Å². The minimum atomic E-state index is -0.514. The minimum absolute atomic E-state index is 0.407. The number of carbonyl (C=O) groups is 1. The van der Waals surface area contributed by atoms with E-state index >= 15 is 0 Å². The van der Waals surface area contributed by atoms with Gasteiger partial charge in [-0.2, -0.15) is 0 Å². The molecule has 0 saturated carbocycles. The number of hydrogen-bond donors (Lipinski definition) is 2. The molecule has 152 valence electrons. The zero-order valence-corrected chi connectivity index (χ0v) is 18.7. The van der Waals surface area contributed by atoms with Crippen molar-refractivity contribution in [1.82, 2.24) is 15.3 Å². The Morgan fingerprint density at radius 1 is 1.07 bits per heavy atom. The first-order valence-electron chi connectivity index (χ1n) is 9.14. The van der Waals surface area contributed by atoms with Crippen molar-refractivity contribution in [2.75, 3.05) is 6.54 Å². The highest BCUT2D eigenvalue weighted by Gasteiger charge is 2.14. The summed E-state index contributed by atoms with van der Waals surface area (Å²) in [6.45, 7) is 0.474. The van der Waals surface area contributed by atoms with Crippen LogP contribution in [0.4, 0.5) is 4.79 Å². The fourth-order valence-electron chi connectivity index (χ4n) is 3.00. The van der Waals surface area contributed by atoms with Crippen LogP contribution in [0.5, 0.6) is 5.75 Å². The van der Waals surface area contributed by atoms with E-state index in [1.54, 1.807) is 36.4 Å². The molecule has 0 spiro atoms. The molecule has 3 aromatic carbocycles. The Morgan fingerprint density at radius 2 is 1.80 bits per heavy atom. The highest BCUT2D eigenvalue weighted by Crippen LogP contribution is 2.34. The van der Waals surface area contributed by atoms with Gasteiger partial charge in [-0.05, 0) is 48.4 Å². The summed E-state index contributed by atoms with van der Waals surface area (Å²) in [5.41, 5.74) is 3.18. The van der Waals surface area contributed by atoms with Gasteiger partial charge in [0.25, 0.3) is 0 Å². The second-order valence-electron chi connectivity index (χ2n) is 6.55. The lowest BCUT2D eigenvalue weighted by Gasteiger charge is -2.07. The summed E-state index contributed by atoms with van der Waals surface area (Å²) in [6, 6.07) is 18.4. The molecule has 1 heterocycles.